The van der Waals surface area contributed by atoms with E-state index in [1.54, 1.807) is 18.2 Å². The highest BCUT2D eigenvalue weighted by molar-refractivity contribution is 6.31. The van der Waals surface area contributed by atoms with Crippen molar-refractivity contribution in [1.29, 1.82) is 0 Å². The molecule has 0 fully saturated rings. The van der Waals surface area contributed by atoms with Crippen molar-refractivity contribution in [2.24, 2.45) is 0 Å². The molecular formula is C21H17ClF3N5O4. The zero-order chi connectivity index (χ0) is 25.0. The van der Waals surface area contributed by atoms with Crippen molar-refractivity contribution in [1.82, 2.24) is 20.6 Å². The minimum absolute atomic E-state index is 0.0343. The van der Waals surface area contributed by atoms with Crippen LogP contribution in [-0.4, -0.2) is 34.8 Å². The first-order valence-electron chi connectivity index (χ1n) is 9.49. The molecule has 1 heterocycles. The average molecular weight is 496 g/mol. The highest BCUT2D eigenvalue weighted by Crippen LogP contribution is 2.31. The molecule has 0 saturated carbocycles. The Morgan fingerprint density at radius 1 is 1.03 bits per heavy atom. The number of benzene rings is 2. The van der Waals surface area contributed by atoms with Gasteiger partial charge in [-0.15, -0.1) is 0 Å². The Hall–Kier alpha value is -4.06. The smallest absolute Gasteiger partial charge is 0.435 e. The Kier molecular flexibility index (Phi) is 7.11. The molecule has 3 N–H and O–H groups in total. The summed E-state index contributed by atoms with van der Waals surface area (Å²) in [7, 11) is 1.09. The molecule has 0 saturated heterocycles. The van der Waals surface area contributed by atoms with Gasteiger partial charge in [-0.1, -0.05) is 29.8 Å². The molecule has 0 unspecified atom stereocenters. The number of para-hydroxylation sites is 1. The Morgan fingerprint density at radius 3 is 2.32 bits per heavy atom. The predicted molar refractivity (Wildman–Crippen MR) is 116 cm³/mol. The molecule has 0 bridgehead atoms. The molecular weight excluding hydrogens is 479 g/mol. The van der Waals surface area contributed by atoms with E-state index in [1.165, 1.54) is 31.2 Å². The number of hydrogen-bond acceptors (Lipinski definition) is 5. The SMILES string of the molecule is COC(=O)NNC(=O)c1cc(Cl)cc(C)c1NC(=O)c1cc(C(F)(F)F)nn1-c1ccccc1. The first-order chi connectivity index (χ1) is 16.0. The van der Waals surface area contributed by atoms with Crippen LogP contribution in [0.25, 0.3) is 5.69 Å². The van der Waals surface area contributed by atoms with Crippen LogP contribution in [0.4, 0.5) is 23.7 Å². The maximum atomic E-state index is 13.3. The van der Waals surface area contributed by atoms with Crippen molar-refractivity contribution in [3.05, 3.63) is 76.1 Å². The van der Waals surface area contributed by atoms with E-state index in [9.17, 15) is 27.6 Å². The van der Waals surface area contributed by atoms with Gasteiger partial charge in [-0.2, -0.15) is 18.3 Å². The Morgan fingerprint density at radius 2 is 1.71 bits per heavy atom. The van der Waals surface area contributed by atoms with E-state index >= 15 is 0 Å². The maximum absolute atomic E-state index is 13.3. The first-order valence-corrected chi connectivity index (χ1v) is 9.87. The third-order valence-electron chi connectivity index (χ3n) is 4.48. The molecule has 3 rings (SSSR count). The lowest BCUT2D eigenvalue weighted by Crippen LogP contribution is -2.41. The highest BCUT2D eigenvalue weighted by Gasteiger charge is 2.36. The van der Waals surface area contributed by atoms with Crippen LogP contribution in [0.3, 0.4) is 0 Å². The Labute approximate surface area is 195 Å². The number of hydrogen-bond donors (Lipinski definition) is 3. The van der Waals surface area contributed by atoms with Gasteiger partial charge in [-0.25, -0.2) is 14.9 Å². The van der Waals surface area contributed by atoms with Crippen LogP contribution in [0.15, 0.2) is 48.5 Å². The standard InChI is InChI=1S/C21H17ClF3N5O4/c1-11-8-12(22)9-14(18(31)27-28-20(33)34-2)17(11)26-19(32)15-10-16(21(23,24)25)29-30(15)13-6-4-3-5-7-13/h3-10H,1-2H3,(H,26,32)(H,27,31)(H,28,33). The highest BCUT2D eigenvalue weighted by atomic mass is 35.5. The van der Waals surface area contributed by atoms with E-state index in [1.807, 2.05) is 5.43 Å². The molecule has 2 aromatic carbocycles. The molecule has 9 nitrogen and oxygen atoms in total. The van der Waals surface area contributed by atoms with Crippen molar-refractivity contribution < 1.29 is 32.3 Å². The van der Waals surface area contributed by atoms with Gasteiger partial charge in [-0.3, -0.25) is 15.0 Å². The molecule has 0 atom stereocenters. The maximum Gasteiger partial charge on any atom is 0.435 e. The van der Waals surface area contributed by atoms with Crippen LogP contribution < -0.4 is 16.2 Å². The summed E-state index contributed by atoms with van der Waals surface area (Å²) in [5.74, 6) is -1.83. The molecule has 1 aromatic heterocycles. The molecule has 0 spiro atoms. The van der Waals surface area contributed by atoms with Gasteiger partial charge < -0.3 is 10.1 Å². The van der Waals surface area contributed by atoms with E-state index < -0.39 is 35.5 Å². The summed E-state index contributed by atoms with van der Waals surface area (Å²) < 4.78 is 45.2. The number of hydrazine groups is 1. The fourth-order valence-electron chi connectivity index (χ4n) is 2.94. The van der Waals surface area contributed by atoms with Crippen molar-refractivity contribution >= 4 is 35.2 Å². The lowest BCUT2D eigenvalue weighted by atomic mass is 10.1. The van der Waals surface area contributed by atoms with Crippen LogP contribution in [0.5, 0.6) is 0 Å². The zero-order valence-corrected chi connectivity index (χ0v) is 18.4. The van der Waals surface area contributed by atoms with E-state index in [0.717, 1.165) is 11.8 Å². The number of carbonyl (C=O) groups excluding carboxylic acids is 3. The van der Waals surface area contributed by atoms with Crippen molar-refractivity contribution in [3.63, 3.8) is 0 Å². The Bertz CT molecular complexity index is 1250. The van der Waals surface area contributed by atoms with Crippen molar-refractivity contribution in [3.8, 4) is 5.69 Å². The molecule has 178 valence electrons. The van der Waals surface area contributed by atoms with Crippen LogP contribution >= 0.6 is 11.6 Å². The third kappa shape index (κ3) is 5.46. The molecule has 34 heavy (non-hydrogen) atoms. The number of anilines is 1. The zero-order valence-electron chi connectivity index (χ0n) is 17.7. The summed E-state index contributed by atoms with van der Waals surface area (Å²) in [6, 6.07) is 11.0. The number of amides is 3. The van der Waals surface area contributed by atoms with Crippen LogP contribution in [-0.2, 0) is 10.9 Å². The predicted octanol–water partition coefficient (Wildman–Crippen LogP) is 4.11. The van der Waals surface area contributed by atoms with Gasteiger partial charge in [0.05, 0.1) is 24.0 Å². The monoisotopic (exact) mass is 495 g/mol. The number of aryl methyl sites for hydroxylation is 1. The number of halogens is 4. The number of methoxy groups -OCH3 is 1. The minimum atomic E-state index is -4.80. The lowest BCUT2D eigenvalue weighted by Gasteiger charge is -2.15. The van der Waals surface area contributed by atoms with E-state index in [-0.39, 0.29) is 22.0 Å². The molecule has 0 aliphatic heterocycles. The van der Waals surface area contributed by atoms with E-state index in [2.05, 4.69) is 20.6 Å². The lowest BCUT2D eigenvalue weighted by molar-refractivity contribution is -0.141. The van der Waals surface area contributed by atoms with Gasteiger partial charge >= 0.3 is 12.3 Å². The van der Waals surface area contributed by atoms with Gasteiger partial charge in [0, 0.05) is 11.1 Å². The fraction of sp³-hybridized carbons (Fsp3) is 0.143. The van der Waals surface area contributed by atoms with E-state index in [4.69, 9.17) is 11.6 Å². The summed E-state index contributed by atoms with van der Waals surface area (Å²) in [5, 5.41) is 6.13. The van der Waals surface area contributed by atoms with Crippen molar-refractivity contribution in [2.45, 2.75) is 13.1 Å². The number of ether oxygens (including phenoxy) is 1. The molecule has 3 amide bonds. The van der Waals surface area contributed by atoms with Crippen LogP contribution in [0, 0.1) is 6.92 Å². The second kappa shape index (κ2) is 9.83. The summed E-state index contributed by atoms with van der Waals surface area (Å²) >= 11 is 6.02. The normalized spacial score (nSPS) is 11.0. The minimum Gasteiger partial charge on any atom is -0.452 e. The quantitative estimate of drug-likeness (QED) is 0.471. The number of alkyl halides is 3. The molecule has 0 radical (unpaired) electrons. The molecule has 0 aliphatic rings. The number of carbonyl (C=O) groups is 3. The second-order valence-electron chi connectivity index (χ2n) is 6.83. The van der Waals surface area contributed by atoms with E-state index in [0.29, 0.717) is 11.6 Å². The largest absolute Gasteiger partial charge is 0.452 e. The van der Waals surface area contributed by atoms with Gasteiger partial charge in [0.25, 0.3) is 11.8 Å². The fourth-order valence-corrected chi connectivity index (χ4v) is 3.21. The van der Waals surface area contributed by atoms with Gasteiger partial charge in [0.2, 0.25) is 0 Å². The molecule has 3 aromatic rings. The van der Waals surface area contributed by atoms with Crippen molar-refractivity contribution in [2.75, 3.05) is 12.4 Å². The summed E-state index contributed by atoms with van der Waals surface area (Å²) in [6.07, 6.45) is -5.75. The molecule has 0 aliphatic carbocycles. The van der Waals surface area contributed by atoms with Gasteiger partial charge in [0.1, 0.15) is 5.69 Å². The molecule has 13 heteroatoms. The topological polar surface area (TPSA) is 114 Å². The first kappa shape index (κ1) is 24.6. The van der Waals surface area contributed by atoms with Crippen LogP contribution in [0.2, 0.25) is 5.02 Å². The number of rotatable bonds is 4. The number of aromatic nitrogens is 2. The summed E-state index contributed by atoms with van der Waals surface area (Å²) in [6.45, 7) is 1.53. The Balaban J connectivity index is 2.01. The average Bonchev–Trinajstić information content (AvgIpc) is 3.25. The number of nitrogens with one attached hydrogen (secondary N) is 3. The second-order valence-corrected chi connectivity index (χ2v) is 7.27. The van der Waals surface area contributed by atoms with Crippen LogP contribution in [0.1, 0.15) is 32.1 Å². The number of nitrogens with zero attached hydrogens (tertiary/aromatic N) is 2. The van der Waals surface area contributed by atoms with Gasteiger partial charge in [-0.05, 0) is 36.8 Å². The summed E-state index contributed by atoms with van der Waals surface area (Å²) in [4.78, 5) is 36.9. The third-order valence-corrected chi connectivity index (χ3v) is 4.70. The van der Waals surface area contributed by atoms with Gasteiger partial charge in [0.15, 0.2) is 5.69 Å². The summed E-state index contributed by atoms with van der Waals surface area (Å²) in [5.41, 5.74) is 2.73.